The molecule has 2 aromatic rings. The number of methoxy groups -OCH3 is 1. The minimum absolute atomic E-state index is 0.195. The topological polar surface area (TPSA) is 116 Å². The highest BCUT2D eigenvalue weighted by atomic mass is 32.2. The van der Waals surface area contributed by atoms with Gasteiger partial charge in [0.15, 0.2) is 5.69 Å². The van der Waals surface area contributed by atoms with Crippen molar-refractivity contribution in [3.05, 3.63) is 23.9 Å². The molecule has 1 aliphatic heterocycles. The van der Waals surface area contributed by atoms with Gasteiger partial charge in [-0.2, -0.15) is 5.10 Å². The Morgan fingerprint density at radius 2 is 2.11 bits per heavy atom. The maximum Gasteiger partial charge on any atom is 0.272 e. The number of nitrogens with zero attached hydrogens (tertiary/aromatic N) is 2. The number of aromatic nitrogens is 2. The van der Waals surface area contributed by atoms with E-state index in [1.54, 1.807) is 13.2 Å². The Labute approximate surface area is 164 Å². The van der Waals surface area contributed by atoms with E-state index in [1.807, 2.05) is 12.1 Å². The summed E-state index contributed by atoms with van der Waals surface area (Å²) in [5, 5.41) is 10.7. The van der Waals surface area contributed by atoms with Gasteiger partial charge in [0, 0.05) is 25.0 Å². The molecule has 1 aromatic carbocycles. The minimum Gasteiger partial charge on any atom is -0.497 e. The summed E-state index contributed by atoms with van der Waals surface area (Å²) in [6.07, 6.45) is 3.10. The molecule has 154 valence electrons. The predicted molar refractivity (Wildman–Crippen MR) is 107 cm³/mol. The molecule has 0 aliphatic carbocycles. The van der Waals surface area contributed by atoms with E-state index in [0.29, 0.717) is 37.0 Å². The number of carbonyl (C=O) groups excluding carboxylic acids is 1. The van der Waals surface area contributed by atoms with Crippen molar-refractivity contribution in [1.29, 1.82) is 0 Å². The van der Waals surface area contributed by atoms with Gasteiger partial charge in [-0.1, -0.05) is 0 Å². The Bertz CT molecular complexity index is 919. The van der Waals surface area contributed by atoms with Gasteiger partial charge in [0.2, 0.25) is 10.0 Å². The molecule has 2 heterocycles. The van der Waals surface area contributed by atoms with E-state index >= 15 is 0 Å². The molecule has 1 amide bonds. The van der Waals surface area contributed by atoms with Gasteiger partial charge in [-0.05, 0) is 50.0 Å². The van der Waals surface area contributed by atoms with Crippen LogP contribution in [0, 0.1) is 5.92 Å². The number of H-pyrrole nitrogens is 1. The number of benzene rings is 1. The van der Waals surface area contributed by atoms with Gasteiger partial charge in [-0.25, -0.2) is 13.1 Å². The lowest BCUT2D eigenvalue weighted by Crippen LogP contribution is -2.41. The van der Waals surface area contributed by atoms with Crippen molar-refractivity contribution >= 4 is 26.8 Å². The Hall–Kier alpha value is -2.17. The first-order valence-electron chi connectivity index (χ1n) is 9.33. The van der Waals surface area contributed by atoms with Crippen LogP contribution < -0.4 is 14.8 Å². The van der Waals surface area contributed by atoms with Crippen molar-refractivity contribution in [1.82, 2.24) is 25.1 Å². The van der Waals surface area contributed by atoms with Gasteiger partial charge in [-0.15, -0.1) is 0 Å². The van der Waals surface area contributed by atoms with E-state index in [9.17, 15) is 13.2 Å². The predicted octanol–water partition coefficient (Wildman–Crippen LogP) is 0.563. The molecule has 1 fully saturated rings. The van der Waals surface area contributed by atoms with Gasteiger partial charge in [0.05, 0.1) is 18.9 Å². The molecule has 3 rings (SSSR count). The molecule has 0 atom stereocenters. The molecule has 0 spiro atoms. The van der Waals surface area contributed by atoms with E-state index < -0.39 is 10.0 Å². The second-order valence-corrected chi connectivity index (χ2v) is 8.98. The largest absolute Gasteiger partial charge is 0.497 e. The van der Waals surface area contributed by atoms with Crippen LogP contribution in [0.15, 0.2) is 18.2 Å². The molecule has 28 heavy (non-hydrogen) atoms. The van der Waals surface area contributed by atoms with Gasteiger partial charge < -0.3 is 15.0 Å². The molecule has 0 bridgehead atoms. The van der Waals surface area contributed by atoms with Gasteiger partial charge in [0.1, 0.15) is 5.75 Å². The normalized spacial score (nSPS) is 16.4. The van der Waals surface area contributed by atoms with Gasteiger partial charge in [0.25, 0.3) is 5.91 Å². The number of piperidine rings is 1. The number of aromatic amines is 1. The molecular formula is C18H27N5O4S. The van der Waals surface area contributed by atoms with Crippen molar-refractivity contribution in [2.45, 2.75) is 12.8 Å². The molecule has 3 N–H and O–H groups in total. The number of likely N-dealkylation sites (tertiary alicyclic amines) is 1. The van der Waals surface area contributed by atoms with Crippen molar-refractivity contribution < 1.29 is 17.9 Å². The number of nitrogens with one attached hydrogen (secondary N) is 3. The zero-order chi connectivity index (χ0) is 20.1. The molecule has 1 aromatic heterocycles. The summed E-state index contributed by atoms with van der Waals surface area (Å²) in [4.78, 5) is 14.8. The Morgan fingerprint density at radius 3 is 2.79 bits per heavy atom. The highest BCUT2D eigenvalue weighted by Crippen LogP contribution is 2.22. The van der Waals surface area contributed by atoms with Gasteiger partial charge >= 0.3 is 0 Å². The standard InChI is InChI=1S/C18H27N5O4S/c1-27-14-3-4-16-15(11-14)17(22-21-16)18(24)19-12-13-5-8-23(9-6-13)10-7-20-28(2,25)26/h3-4,11,13,20H,5-10,12H2,1-2H3,(H,19,24)(H,21,22). The average Bonchev–Trinajstić information content (AvgIpc) is 3.09. The summed E-state index contributed by atoms with van der Waals surface area (Å²) in [5.74, 6) is 0.891. The Balaban J connectivity index is 1.46. The number of rotatable bonds is 8. The number of hydrogen-bond acceptors (Lipinski definition) is 6. The maximum atomic E-state index is 12.6. The number of sulfonamides is 1. The lowest BCUT2D eigenvalue weighted by Gasteiger charge is -2.31. The second kappa shape index (κ2) is 8.89. The quantitative estimate of drug-likeness (QED) is 0.587. The monoisotopic (exact) mass is 409 g/mol. The third kappa shape index (κ3) is 5.43. The van der Waals surface area contributed by atoms with Crippen LogP contribution in [0.2, 0.25) is 0 Å². The molecule has 9 nitrogen and oxygen atoms in total. The third-order valence-corrected chi connectivity index (χ3v) is 5.76. The van der Waals surface area contributed by atoms with Crippen molar-refractivity contribution in [3.63, 3.8) is 0 Å². The molecular weight excluding hydrogens is 382 g/mol. The average molecular weight is 410 g/mol. The molecule has 0 unspecified atom stereocenters. The molecule has 1 aliphatic rings. The van der Waals surface area contributed by atoms with Crippen molar-refractivity contribution in [2.24, 2.45) is 5.92 Å². The van der Waals surface area contributed by atoms with E-state index in [1.165, 1.54) is 6.26 Å². The number of fused-ring (bicyclic) bond motifs is 1. The first-order chi connectivity index (χ1) is 13.4. The fraction of sp³-hybridized carbons (Fsp3) is 0.556. The second-order valence-electron chi connectivity index (χ2n) is 7.15. The summed E-state index contributed by atoms with van der Waals surface area (Å²) in [7, 11) is -1.55. The van der Waals surface area contributed by atoms with Crippen LogP contribution in [0.1, 0.15) is 23.3 Å². The minimum atomic E-state index is -3.14. The third-order valence-electron chi connectivity index (χ3n) is 5.04. The van der Waals surface area contributed by atoms with E-state index in [-0.39, 0.29) is 5.91 Å². The van der Waals surface area contributed by atoms with Crippen LogP contribution >= 0.6 is 0 Å². The number of ether oxygens (including phenoxy) is 1. The van der Waals surface area contributed by atoms with Crippen LogP contribution in [0.5, 0.6) is 5.75 Å². The number of amides is 1. The van der Waals surface area contributed by atoms with Crippen molar-refractivity contribution in [3.8, 4) is 5.75 Å². The van der Waals surface area contributed by atoms with E-state index in [0.717, 1.165) is 36.8 Å². The summed E-state index contributed by atoms with van der Waals surface area (Å²) < 4.78 is 29.9. The number of hydrogen-bond donors (Lipinski definition) is 3. The van der Waals surface area contributed by atoms with E-state index in [4.69, 9.17) is 4.74 Å². The van der Waals surface area contributed by atoms with E-state index in [2.05, 4.69) is 25.1 Å². The lowest BCUT2D eigenvalue weighted by atomic mass is 9.96. The van der Waals surface area contributed by atoms with Crippen LogP contribution in [-0.4, -0.2) is 75.5 Å². The molecule has 0 saturated carbocycles. The fourth-order valence-corrected chi connectivity index (χ4v) is 3.88. The zero-order valence-corrected chi connectivity index (χ0v) is 17.0. The zero-order valence-electron chi connectivity index (χ0n) is 16.2. The smallest absolute Gasteiger partial charge is 0.272 e. The molecule has 1 saturated heterocycles. The van der Waals surface area contributed by atoms with Crippen LogP contribution in [-0.2, 0) is 10.0 Å². The van der Waals surface area contributed by atoms with Crippen LogP contribution in [0.25, 0.3) is 10.9 Å². The summed E-state index contributed by atoms with van der Waals surface area (Å²) in [6.45, 7) is 3.53. The number of carbonyl (C=O) groups is 1. The lowest BCUT2D eigenvalue weighted by molar-refractivity contribution is 0.0933. The van der Waals surface area contributed by atoms with Gasteiger partial charge in [-0.3, -0.25) is 9.89 Å². The molecule has 0 radical (unpaired) electrons. The summed E-state index contributed by atoms with van der Waals surface area (Å²) in [6, 6.07) is 5.46. The van der Waals surface area contributed by atoms with Crippen molar-refractivity contribution in [2.75, 3.05) is 46.1 Å². The highest BCUT2D eigenvalue weighted by Gasteiger charge is 2.21. The first kappa shape index (κ1) is 20.6. The maximum absolute atomic E-state index is 12.6. The summed E-state index contributed by atoms with van der Waals surface area (Å²) in [5.41, 5.74) is 1.17. The fourth-order valence-electron chi connectivity index (χ4n) is 3.42. The Morgan fingerprint density at radius 1 is 1.36 bits per heavy atom. The van der Waals surface area contributed by atoms with Crippen LogP contribution in [0.4, 0.5) is 0 Å². The summed E-state index contributed by atoms with van der Waals surface area (Å²) >= 11 is 0. The highest BCUT2D eigenvalue weighted by molar-refractivity contribution is 7.88. The SMILES string of the molecule is COc1ccc2[nH]nc(C(=O)NCC3CCN(CCNS(C)(=O)=O)CC3)c2c1. The first-order valence-corrected chi connectivity index (χ1v) is 11.2. The molecule has 10 heteroatoms. The van der Waals surface area contributed by atoms with Crippen LogP contribution in [0.3, 0.4) is 0 Å². The Kier molecular flexibility index (Phi) is 6.53.